The second-order valence-electron chi connectivity index (χ2n) is 18.6. The first-order chi connectivity index (χ1) is 32.5. The SMILES string of the molecule is CN[C@@H](C)C(=O)N[C@H](C(=O)N1CCC[C@H]1C1=NC(C(=O)c2ccc(F)cc2)CS1)C1CCN(CN(C)CCN2CCC(CNC(=O)c3ccccc3)(c3nc(-c4ccccc4)cs3)CC2)CC1. The van der Waals surface area contributed by atoms with E-state index in [9.17, 15) is 23.6 Å². The van der Waals surface area contributed by atoms with E-state index < -0.39 is 23.9 Å². The van der Waals surface area contributed by atoms with Crippen molar-refractivity contribution in [1.29, 1.82) is 0 Å². The number of thioether (sulfide) groups is 1. The number of nitrogens with zero attached hydrogens (tertiary/aromatic N) is 6. The van der Waals surface area contributed by atoms with Crippen LogP contribution in [0.3, 0.4) is 0 Å². The molecule has 0 aliphatic carbocycles. The second-order valence-corrected chi connectivity index (χ2v) is 20.5. The molecule has 16 heteroatoms. The number of rotatable bonds is 18. The van der Waals surface area contributed by atoms with E-state index in [0.29, 0.717) is 30.0 Å². The molecule has 356 valence electrons. The Morgan fingerprint density at radius 1 is 0.881 bits per heavy atom. The molecule has 4 aliphatic heterocycles. The first kappa shape index (κ1) is 48.6. The highest BCUT2D eigenvalue weighted by molar-refractivity contribution is 8.14. The number of aromatic nitrogens is 1. The third kappa shape index (κ3) is 11.9. The number of hydrogen-bond acceptors (Lipinski definition) is 12. The number of benzene rings is 3. The second kappa shape index (κ2) is 22.5. The number of amides is 3. The van der Waals surface area contributed by atoms with Crippen LogP contribution in [0.4, 0.5) is 4.39 Å². The predicted molar refractivity (Wildman–Crippen MR) is 265 cm³/mol. The lowest BCUT2D eigenvalue weighted by atomic mass is 9.78. The van der Waals surface area contributed by atoms with Gasteiger partial charge in [0.25, 0.3) is 5.91 Å². The number of likely N-dealkylation sites (N-methyl/N-ethyl adjacent to an activating group) is 2. The molecule has 3 amide bonds. The van der Waals surface area contributed by atoms with Crippen LogP contribution in [-0.2, 0) is 15.0 Å². The Morgan fingerprint density at radius 2 is 1.58 bits per heavy atom. The lowest BCUT2D eigenvalue weighted by Gasteiger charge is -2.41. The quantitative estimate of drug-likeness (QED) is 0.105. The summed E-state index contributed by atoms with van der Waals surface area (Å²) in [5.41, 5.74) is 2.90. The summed E-state index contributed by atoms with van der Waals surface area (Å²) in [6.07, 6.45) is 4.91. The standard InChI is InChI=1S/C51H64FN9O4S2/c1-35(53-2)46(63)57-44(49(65)61-24-10-15-43(61)48-55-42(32-66-48)45(62)38-16-18-40(52)19-17-38)37-20-25-60(26-21-37)34-58(3)29-30-59-27-22-51(23-28-59,33-54-47(64)39-13-8-5-9-14-39)50-56-41(31-67-50)36-11-6-4-7-12-36/h4-9,11-14,16-19,31,35,37,42-44,53H,10,15,20-30,32-34H2,1-3H3,(H,54,64)(H,57,63)/t35-,42?,43-,44-/m0/s1. The van der Waals surface area contributed by atoms with Crippen LogP contribution in [0.25, 0.3) is 11.3 Å². The van der Waals surface area contributed by atoms with E-state index in [1.165, 1.54) is 36.0 Å². The van der Waals surface area contributed by atoms with Crippen LogP contribution < -0.4 is 16.0 Å². The van der Waals surface area contributed by atoms with Gasteiger partial charge in [0.15, 0.2) is 5.78 Å². The number of halogens is 1. The minimum Gasteiger partial charge on any atom is -0.351 e. The molecule has 1 unspecified atom stereocenters. The summed E-state index contributed by atoms with van der Waals surface area (Å²) < 4.78 is 13.5. The van der Waals surface area contributed by atoms with E-state index in [0.717, 1.165) is 106 Å². The molecule has 3 aromatic carbocycles. The molecule has 8 rings (SSSR count). The van der Waals surface area contributed by atoms with Crippen LogP contribution in [0, 0.1) is 11.7 Å². The van der Waals surface area contributed by atoms with Gasteiger partial charge in [0.1, 0.15) is 22.9 Å². The van der Waals surface area contributed by atoms with Gasteiger partial charge in [0, 0.05) is 59.4 Å². The number of thiazole rings is 1. The Morgan fingerprint density at radius 3 is 2.28 bits per heavy atom. The fourth-order valence-corrected chi connectivity index (χ4v) is 12.1. The molecule has 3 N–H and O–H groups in total. The normalized spacial score (nSPS) is 21.2. The number of carbonyl (C=O) groups is 4. The van der Waals surface area contributed by atoms with Gasteiger partial charge >= 0.3 is 0 Å². The summed E-state index contributed by atoms with van der Waals surface area (Å²) in [5.74, 6) is -0.435. The molecule has 67 heavy (non-hydrogen) atoms. The average Bonchev–Trinajstić information content (AvgIpc) is 4.18. The lowest BCUT2D eigenvalue weighted by molar-refractivity contribution is -0.138. The highest BCUT2D eigenvalue weighted by Gasteiger charge is 2.43. The van der Waals surface area contributed by atoms with Crippen molar-refractivity contribution in [3.63, 3.8) is 0 Å². The van der Waals surface area contributed by atoms with Crippen LogP contribution in [-0.4, -0.2) is 156 Å². The Bertz CT molecular complexity index is 2340. The average molecular weight is 950 g/mol. The maximum atomic E-state index is 14.6. The molecule has 3 fully saturated rings. The van der Waals surface area contributed by atoms with Gasteiger partial charge in [-0.05, 0) is 128 Å². The van der Waals surface area contributed by atoms with Gasteiger partial charge in [-0.3, -0.25) is 34.0 Å². The van der Waals surface area contributed by atoms with Crippen molar-refractivity contribution >= 4 is 51.6 Å². The first-order valence-electron chi connectivity index (χ1n) is 23.8. The fraction of sp³-hybridized carbons (Fsp3) is 0.490. The third-order valence-electron chi connectivity index (χ3n) is 14.1. The molecule has 4 aromatic rings. The minimum absolute atomic E-state index is 0.0259. The van der Waals surface area contributed by atoms with Crippen LogP contribution in [0.2, 0.25) is 0 Å². The third-order valence-corrected chi connectivity index (χ3v) is 16.4. The van der Waals surface area contributed by atoms with E-state index in [2.05, 4.69) is 55.2 Å². The Hall–Kier alpha value is -4.84. The number of aliphatic imine (C=N–C) groups is 1. The monoisotopic (exact) mass is 949 g/mol. The van der Waals surface area contributed by atoms with Gasteiger partial charge in [-0.25, -0.2) is 9.37 Å². The molecule has 13 nitrogen and oxygen atoms in total. The van der Waals surface area contributed by atoms with Gasteiger partial charge in [0.05, 0.1) is 29.5 Å². The highest BCUT2D eigenvalue weighted by atomic mass is 32.2. The Balaban J connectivity index is 0.845. The number of likely N-dealkylation sites (tertiary alicyclic amines) is 3. The Kier molecular flexibility index (Phi) is 16.3. The molecule has 5 heterocycles. The number of piperidine rings is 2. The summed E-state index contributed by atoms with van der Waals surface area (Å²) in [6.45, 7) is 8.99. The highest BCUT2D eigenvalue weighted by Crippen LogP contribution is 2.39. The van der Waals surface area contributed by atoms with Gasteiger partial charge in [-0.15, -0.1) is 23.1 Å². The zero-order valence-corrected chi connectivity index (χ0v) is 40.5. The van der Waals surface area contributed by atoms with Crippen LogP contribution in [0.5, 0.6) is 0 Å². The molecular formula is C51H64FN9O4S2. The van der Waals surface area contributed by atoms with Crippen LogP contribution in [0.1, 0.15) is 71.2 Å². The molecule has 4 aliphatic rings. The van der Waals surface area contributed by atoms with Crippen molar-refractivity contribution in [2.45, 2.75) is 75.0 Å². The number of hydrogen-bond donors (Lipinski definition) is 3. The summed E-state index contributed by atoms with van der Waals surface area (Å²) in [5, 5.41) is 13.4. The van der Waals surface area contributed by atoms with Crippen molar-refractivity contribution in [1.82, 2.24) is 40.5 Å². The van der Waals surface area contributed by atoms with E-state index in [1.54, 1.807) is 25.3 Å². The topological polar surface area (TPSA) is 143 Å². The molecule has 0 spiro atoms. The minimum atomic E-state index is -0.667. The summed E-state index contributed by atoms with van der Waals surface area (Å²) in [6, 6.07) is 23.3. The fourth-order valence-electron chi connectivity index (χ4n) is 9.79. The summed E-state index contributed by atoms with van der Waals surface area (Å²) in [7, 11) is 3.91. The van der Waals surface area contributed by atoms with Gasteiger partial charge < -0.3 is 25.8 Å². The van der Waals surface area contributed by atoms with E-state index >= 15 is 0 Å². The molecule has 0 radical (unpaired) electrons. The maximum Gasteiger partial charge on any atom is 0.251 e. The molecule has 0 bridgehead atoms. The van der Waals surface area contributed by atoms with Crippen molar-refractivity contribution in [2.75, 3.05) is 78.9 Å². The predicted octanol–water partition coefficient (Wildman–Crippen LogP) is 5.79. The van der Waals surface area contributed by atoms with Crippen LogP contribution >= 0.6 is 23.1 Å². The van der Waals surface area contributed by atoms with E-state index in [4.69, 9.17) is 9.98 Å². The van der Waals surface area contributed by atoms with Gasteiger partial charge in [-0.2, -0.15) is 0 Å². The van der Waals surface area contributed by atoms with E-state index in [1.807, 2.05) is 53.4 Å². The smallest absolute Gasteiger partial charge is 0.251 e. The van der Waals surface area contributed by atoms with E-state index in [-0.39, 0.29) is 40.9 Å². The number of nitrogens with one attached hydrogen (secondary N) is 3. The molecule has 1 aromatic heterocycles. The summed E-state index contributed by atoms with van der Waals surface area (Å²) in [4.78, 5) is 73.7. The van der Waals surface area contributed by atoms with Gasteiger partial charge in [-0.1, -0.05) is 48.5 Å². The largest absolute Gasteiger partial charge is 0.351 e. The molecule has 4 atom stereocenters. The Labute approximate surface area is 402 Å². The lowest BCUT2D eigenvalue weighted by Crippen LogP contribution is -2.58. The zero-order chi connectivity index (χ0) is 46.9. The number of carbonyl (C=O) groups excluding carboxylic acids is 4. The van der Waals surface area contributed by atoms with Crippen LogP contribution in [0.15, 0.2) is 95.3 Å². The van der Waals surface area contributed by atoms with Crippen molar-refractivity contribution in [3.05, 3.63) is 112 Å². The molecular weight excluding hydrogens is 886 g/mol. The first-order valence-corrected chi connectivity index (χ1v) is 25.6. The van der Waals surface area contributed by atoms with Gasteiger partial charge in [0.2, 0.25) is 11.8 Å². The summed E-state index contributed by atoms with van der Waals surface area (Å²) >= 11 is 3.21. The molecule has 0 saturated carbocycles. The van der Waals surface area contributed by atoms with Crippen molar-refractivity contribution in [2.24, 2.45) is 10.9 Å². The van der Waals surface area contributed by atoms with Crippen molar-refractivity contribution in [3.8, 4) is 11.3 Å². The number of ketones is 1. The maximum absolute atomic E-state index is 14.6. The molecule has 3 saturated heterocycles. The number of Topliss-reactive ketones (excluding diaryl/α,β-unsaturated/α-hetero) is 1. The van der Waals surface area contributed by atoms with Crippen molar-refractivity contribution < 1.29 is 23.6 Å². The zero-order valence-electron chi connectivity index (χ0n) is 38.9.